The van der Waals surface area contributed by atoms with E-state index < -0.39 is 11.8 Å². The summed E-state index contributed by atoms with van der Waals surface area (Å²) in [6.45, 7) is 3.46. The van der Waals surface area contributed by atoms with E-state index in [9.17, 15) is 14.4 Å². The van der Waals surface area contributed by atoms with E-state index in [1.165, 1.54) is 13.2 Å². The highest BCUT2D eigenvalue weighted by Gasteiger charge is 2.13. The zero-order valence-corrected chi connectivity index (χ0v) is 17.1. The maximum absolute atomic E-state index is 12.3. The lowest BCUT2D eigenvalue weighted by molar-refractivity contribution is -0.120. The van der Waals surface area contributed by atoms with Crippen molar-refractivity contribution in [3.8, 4) is 11.5 Å². The molecule has 2 aromatic rings. The number of primary amides is 1. The second-order valence-electron chi connectivity index (χ2n) is 6.66. The third-order valence-corrected chi connectivity index (χ3v) is 3.83. The number of carbonyl (C=O) groups is 3. The molecule has 4 N–H and O–H groups in total. The lowest BCUT2D eigenvalue weighted by Gasteiger charge is -2.12. The number of amides is 3. The highest BCUT2D eigenvalue weighted by molar-refractivity contribution is 6.07. The largest absolute Gasteiger partial charge is 0.493 e. The summed E-state index contributed by atoms with van der Waals surface area (Å²) in [5.74, 6) is -0.494. The van der Waals surface area contributed by atoms with Gasteiger partial charge in [0.1, 0.15) is 0 Å². The average Bonchev–Trinajstić information content (AvgIpc) is 2.70. The number of carbonyl (C=O) groups excluding carboxylic acids is 3. The minimum atomic E-state index is -0.597. The zero-order chi connectivity index (χ0) is 22.1. The minimum Gasteiger partial charge on any atom is -0.493 e. The van der Waals surface area contributed by atoms with Crippen molar-refractivity contribution in [1.82, 2.24) is 5.32 Å². The van der Waals surface area contributed by atoms with Gasteiger partial charge < -0.3 is 25.8 Å². The van der Waals surface area contributed by atoms with Crippen molar-refractivity contribution < 1.29 is 23.9 Å². The molecule has 0 aliphatic carbocycles. The van der Waals surface area contributed by atoms with Gasteiger partial charge in [-0.05, 0) is 49.8 Å². The molecule has 0 fully saturated rings. The first-order chi connectivity index (χ1) is 14.3. The van der Waals surface area contributed by atoms with E-state index in [-0.39, 0.29) is 18.6 Å². The summed E-state index contributed by atoms with van der Waals surface area (Å²) in [5, 5.41) is 5.52. The van der Waals surface area contributed by atoms with Crippen molar-refractivity contribution in [2.45, 2.75) is 19.9 Å². The second kappa shape index (κ2) is 10.7. The molecule has 0 saturated carbocycles. The van der Waals surface area contributed by atoms with E-state index in [0.29, 0.717) is 28.3 Å². The number of hydrogen-bond donors (Lipinski definition) is 3. The number of nitrogens with two attached hydrogens (primary N) is 1. The lowest BCUT2D eigenvalue weighted by atomic mass is 10.1. The van der Waals surface area contributed by atoms with Crippen molar-refractivity contribution >= 4 is 29.5 Å². The maximum atomic E-state index is 12.3. The molecule has 0 saturated heterocycles. The summed E-state index contributed by atoms with van der Waals surface area (Å²) in [6, 6.07) is 11.7. The Balaban J connectivity index is 2.10. The van der Waals surface area contributed by atoms with E-state index in [1.807, 2.05) is 13.8 Å². The Morgan fingerprint density at radius 2 is 1.83 bits per heavy atom. The average molecular weight is 411 g/mol. The molecule has 0 aliphatic heterocycles. The summed E-state index contributed by atoms with van der Waals surface area (Å²) in [4.78, 5) is 35.5. The van der Waals surface area contributed by atoms with Gasteiger partial charge in [0.2, 0.25) is 5.91 Å². The molecule has 0 aliphatic rings. The SMILES string of the molecule is COc1cc(/C=C/C(=O)Nc2ccccc2C(=O)NC(C)C)ccc1OCC(N)=O. The van der Waals surface area contributed by atoms with Crippen molar-refractivity contribution in [2.24, 2.45) is 5.73 Å². The molecule has 158 valence electrons. The Morgan fingerprint density at radius 1 is 1.10 bits per heavy atom. The van der Waals surface area contributed by atoms with Crippen LogP contribution in [-0.2, 0) is 9.59 Å². The van der Waals surface area contributed by atoms with E-state index in [1.54, 1.807) is 48.5 Å². The summed E-state index contributed by atoms with van der Waals surface area (Å²) in [5.41, 5.74) is 6.55. The predicted octanol–water partition coefficient (Wildman–Crippen LogP) is 2.35. The molecular weight excluding hydrogens is 386 g/mol. The molecule has 30 heavy (non-hydrogen) atoms. The second-order valence-corrected chi connectivity index (χ2v) is 6.66. The van der Waals surface area contributed by atoms with Crippen LogP contribution < -0.4 is 25.8 Å². The molecule has 8 nitrogen and oxygen atoms in total. The van der Waals surface area contributed by atoms with Gasteiger partial charge >= 0.3 is 0 Å². The van der Waals surface area contributed by atoms with Gasteiger partial charge in [0.05, 0.1) is 18.4 Å². The lowest BCUT2D eigenvalue weighted by Crippen LogP contribution is -2.30. The predicted molar refractivity (Wildman–Crippen MR) is 114 cm³/mol. The van der Waals surface area contributed by atoms with E-state index in [4.69, 9.17) is 15.2 Å². The number of ether oxygens (including phenoxy) is 2. The highest BCUT2D eigenvalue weighted by Crippen LogP contribution is 2.28. The van der Waals surface area contributed by atoms with Gasteiger partial charge in [-0.2, -0.15) is 0 Å². The Kier molecular flexibility index (Phi) is 7.99. The van der Waals surface area contributed by atoms with Crippen LogP contribution in [0.2, 0.25) is 0 Å². The summed E-state index contributed by atoms with van der Waals surface area (Å²) >= 11 is 0. The first kappa shape index (κ1) is 22.5. The van der Waals surface area contributed by atoms with Crippen LogP contribution in [0.5, 0.6) is 11.5 Å². The highest BCUT2D eigenvalue weighted by atomic mass is 16.5. The molecule has 3 amide bonds. The van der Waals surface area contributed by atoms with Crippen molar-refractivity contribution in [2.75, 3.05) is 19.0 Å². The number of anilines is 1. The van der Waals surface area contributed by atoms with Crippen LogP contribution in [0.15, 0.2) is 48.5 Å². The normalized spacial score (nSPS) is 10.7. The van der Waals surface area contributed by atoms with Crippen LogP contribution in [0.1, 0.15) is 29.8 Å². The summed E-state index contributed by atoms with van der Waals surface area (Å²) in [7, 11) is 1.46. The van der Waals surface area contributed by atoms with Crippen molar-refractivity contribution in [3.05, 3.63) is 59.7 Å². The Hall–Kier alpha value is -3.81. The number of hydrogen-bond acceptors (Lipinski definition) is 5. The Labute approximate surface area is 175 Å². The molecule has 0 spiro atoms. The molecule has 8 heteroatoms. The van der Waals surface area contributed by atoms with Gasteiger partial charge in [-0.3, -0.25) is 14.4 Å². The van der Waals surface area contributed by atoms with Gasteiger partial charge in [-0.15, -0.1) is 0 Å². The molecule has 0 aromatic heterocycles. The topological polar surface area (TPSA) is 120 Å². The first-order valence-corrected chi connectivity index (χ1v) is 9.28. The molecule has 0 radical (unpaired) electrons. The van der Waals surface area contributed by atoms with Gasteiger partial charge in [0.15, 0.2) is 18.1 Å². The molecule has 0 atom stereocenters. The van der Waals surface area contributed by atoms with E-state index >= 15 is 0 Å². The Bertz CT molecular complexity index is 954. The number of rotatable bonds is 9. The van der Waals surface area contributed by atoms with Gasteiger partial charge in [-0.1, -0.05) is 18.2 Å². The number of para-hydroxylation sites is 1. The molecule has 2 rings (SSSR count). The molecule has 0 unspecified atom stereocenters. The third kappa shape index (κ3) is 6.66. The van der Waals surface area contributed by atoms with E-state index in [0.717, 1.165) is 0 Å². The first-order valence-electron chi connectivity index (χ1n) is 9.28. The van der Waals surface area contributed by atoms with Crippen molar-refractivity contribution in [1.29, 1.82) is 0 Å². The van der Waals surface area contributed by atoms with Crippen LogP contribution >= 0.6 is 0 Å². The van der Waals surface area contributed by atoms with Crippen LogP contribution in [-0.4, -0.2) is 37.5 Å². The zero-order valence-electron chi connectivity index (χ0n) is 17.1. The standard InChI is InChI=1S/C22H25N3O5/c1-14(2)24-22(28)16-6-4-5-7-17(16)25-21(27)11-9-15-8-10-18(19(12-15)29-3)30-13-20(23)26/h4-12,14H,13H2,1-3H3,(H2,23,26)(H,24,28)(H,25,27)/b11-9+. The van der Waals surface area contributed by atoms with Crippen LogP contribution in [0, 0.1) is 0 Å². The Morgan fingerprint density at radius 3 is 2.50 bits per heavy atom. The van der Waals surface area contributed by atoms with Crippen LogP contribution in [0.3, 0.4) is 0 Å². The molecule has 2 aromatic carbocycles. The van der Waals surface area contributed by atoms with E-state index in [2.05, 4.69) is 10.6 Å². The van der Waals surface area contributed by atoms with Crippen molar-refractivity contribution in [3.63, 3.8) is 0 Å². The van der Waals surface area contributed by atoms with Gasteiger partial charge in [0.25, 0.3) is 11.8 Å². The van der Waals surface area contributed by atoms with Crippen LogP contribution in [0.25, 0.3) is 6.08 Å². The monoisotopic (exact) mass is 411 g/mol. The quantitative estimate of drug-likeness (QED) is 0.547. The minimum absolute atomic E-state index is 0.0222. The van der Waals surface area contributed by atoms with Gasteiger partial charge in [-0.25, -0.2) is 0 Å². The summed E-state index contributed by atoms with van der Waals surface area (Å²) < 4.78 is 10.5. The fourth-order valence-electron chi connectivity index (χ4n) is 2.53. The number of methoxy groups -OCH3 is 1. The van der Waals surface area contributed by atoms with Crippen LogP contribution in [0.4, 0.5) is 5.69 Å². The fraction of sp³-hybridized carbons (Fsp3) is 0.227. The molecule has 0 bridgehead atoms. The number of benzene rings is 2. The number of nitrogens with one attached hydrogen (secondary N) is 2. The fourth-order valence-corrected chi connectivity index (χ4v) is 2.53. The summed E-state index contributed by atoms with van der Waals surface area (Å²) in [6.07, 6.45) is 2.93. The molecule has 0 heterocycles. The van der Waals surface area contributed by atoms with Gasteiger partial charge in [0, 0.05) is 12.1 Å². The maximum Gasteiger partial charge on any atom is 0.255 e. The smallest absolute Gasteiger partial charge is 0.255 e. The third-order valence-electron chi connectivity index (χ3n) is 3.83. The molecular formula is C22H25N3O5.